The van der Waals surface area contributed by atoms with E-state index in [4.69, 9.17) is 9.98 Å². The molecule has 2 aromatic carbocycles. The number of nitrogens with zero attached hydrogens (tertiary/aromatic N) is 2. The Balaban J connectivity index is 1.84. The number of aryl methyl sites for hydroxylation is 2. The van der Waals surface area contributed by atoms with Crippen molar-refractivity contribution in [2.45, 2.75) is 285 Å². The van der Waals surface area contributed by atoms with Crippen LogP contribution in [0.2, 0.25) is 0 Å². The highest BCUT2D eigenvalue weighted by Gasteiger charge is 2.13. The van der Waals surface area contributed by atoms with Crippen LogP contribution >= 0.6 is 0 Å². The van der Waals surface area contributed by atoms with Crippen molar-refractivity contribution in [1.82, 2.24) is 0 Å². The second-order valence-electron chi connectivity index (χ2n) is 19.0. The van der Waals surface area contributed by atoms with Gasteiger partial charge in [-0.15, -0.1) is 23.7 Å². The fourth-order valence-electron chi connectivity index (χ4n) is 8.74. The number of para-hydroxylation sites is 2. The molecule has 64 heavy (non-hydrogen) atoms. The van der Waals surface area contributed by atoms with E-state index in [2.05, 4.69) is 99.9 Å². The van der Waals surface area contributed by atoms with E-state index >= 15 is 0 Å². The van der Waals surface area contributed by atoms with E-state index in [-0.39, 0.29) is 0 Å². The molecule has 0 saturated carbocycles. The molecule has 0 aromatic heterocycles. The molecule has 2 rings (SSSR count). The van der Waals surface area contributed by atoms with Gasteiger partial charge in [-0.3, -0.25) is 9.98 Å². The van der Waals surface area contributed by atoms with E-state index in [1.165, 1.54) is 191 Å². The average Bonchev–Trinajstić information content (AvgIpc) is 3.31. The van der Waals surface area contributed by atoms with Crippen LogP contribution in [0.15, 0.2) is 58.5 Å². The molecular formula is C62H100N2. The summed E-state index contributed by atoms with van der Waals surface area (Å²) in [6.45, 7) is 9.16. The van der Waals surface area contributed by atoms with E-state index in [1.807, 2.05) is 0 Å². The van der Waals surface area contributed by atoms with Crippen molar-refractivity contribution in [1.29, 1.82) is 0 Å². The molecule has 2 aromatic rings. The summed E-state index contributed by atoms with van der Waals surface area (Å²) in [5.41, 5.74) is 7.10. The topological polar surface area (TPSA) is 24.7 Å². The van der Waals surface area contributed by atoms with Gasteiger partial charge in [0.1, 0.15) is 0 Å². The largest absolute Gasteiger partial charge is 0.251 e. The zero-order valence-corrected chi connectivity index (χ0v) is 42.8. The predicted molar refractivity (Wildman–Crippen MR) is 288 cm³/mol. The quantitative estimate of drug-likeness (QED) is 0.0361. The summed E-state index contributed by atoms with van der Waals surface area (Å²) in [6, 6.07) is 17.5. The molecule has 2 heteroatoms. The lowest BCUT2D eigenvalue weighted by molar-refractivity contribution is 0.536. The maximum atomic E-state index is 5.44. The third-order valence-corrected chi connectivity index (χ3v) is 13.0. The lowest BCUT2D eigenvalue weighted by atomic mass is 10.0. The summed E-state index contributed by atoms with van der Waals surface area (Å²) in [6.07, 6.45) is 51.4. The zero-order valence-electron chi connectivity index (χ0n) is 42.8. The molecule has 0 aliphatic carbocycles. The Hall–Kier alpha value is -3.10. The first-order chi connectivity index (χ1) is 31.7. The van der Waals surface area contributed by atoms with Crippen molar-refractivity contribution in [3.05, 3.63) is 59.7 Å². The van der Waals surface area contributed by atoms with Gasteiger partial charge in [-0.2, -0.15) is 0 Å². The van der Waals surface area contributed by atoms with Gasteiger partial charge in [0.15, 0.2) is 0 Å². The van der Waals surface area contributed by atoms with Gasteiger partial charge in [0, 0.05) is 25.7 Å². The van der Waals surface area contributed by atoms with Crippen LogP contribution in [0.25, 0.3) is 0 Å². The van der Waals surface area contributed by atoms with Gasteiger partial charge < -0.3 is 0 Å². The van der Waals surface area contributed by atoms with Crippen molar-refractivity contribution in [2.75, 3.05) is 0 Å². The Morgan fingerprint density at radius 3 is 0.891 bits per heavy atom. The first kappa shape index (κ1) is 57.0. The van der Waals surface area contributed by atoms with E-state index < -0.39 is 0 Å². The predicted octanol–water partition coefficient (Wildman–Crippen LogP) is 20.5. The highest BCUT2D eigenvalue weighted by molar-refractivity contribution is 6.43. The van der Waals surface area contributed by atoms with Crippen LogP contribution in [0.1, 0.15) is 283 Å². The molecule has 0 aliphatic rings. The molecule has 0 aliphatic heterocycles. The monoisotopic (exact) mass is 873 g/mol. The average molecular weight is 873 g/mol. The van der Waals surface area contributed by atoms with Crippen LogP contribution in [-0.2, 0) is 12.8 Å². The highest BCUT2D eigenvalue weighted by atomic mass is 14.8. The van der Waals surface area contributed by atoms with Crippen molar-refractivity contribution in [3.8, 4) is 23.7 Å². The van der Waals surface area contributed by atoms with E-state index in [9.17, 15) is 0 Å². The summed E-state index contributed by atoms with van der Waals surface area (Å²) >= 11 is 0. The molecule has 0 radical (unpaired) electrons. The zero-order chi connectivity index (χ0) is 45.6. The van der Waals surface area contributed by atoms with Gasteiger partial charge >= 0.3 is 0 Å². The second-order valence-corrected chi connectivity index (χ2v) is 19.0. The Labute approximate surface area is 399 Å². The second kappa shape index (κ2) is 43.8. The fourth-order valence-corrected chi connectivity index (χ4v) is 8.74. The summed E-state index contributed by atoms with van der Waals surface area (Å²) in [7, 11) is 0. The molecular weight excluding hydrogens is 773 g/mol. The van der Waals surface area contributed by atoms with Crippen LogP contribution in [0, 0.1) is 23.7 Å². The minimum absolute atomic E-state index is 0.891. The Bertz CT molecular complexity index is 1440. The molecule has 358 valence electrons. The number of hydrogen-bond donors (Lipinski definition) is 0. The third kappa shape index (κ3) is 31.7. The number of benzene rings is 2. The summed E-state index contributed by atoms with van der Waals surface area (Å²) in [4.78, 5) is 10.9. The van der Waals surface area contributed by atoms with Crippen LogP contribution < -0.4 is 0 Å². The minimum atomic E-state index is 0.891. The Morgan fingerprint density at radius 2 is 0.578 bits per heavy atom. The Kier molecular flexibility index (Phi) is 39.0. The molecule has 0 amide bonds. The Morgan fingerprint density at radius 1 is 0.312 bits per heavy atom. The van der Waals surface area contributed by atoms with Gasteiger partial charge in [-0.05, 0) is 74.6 Å². The highest BCUT2D eigenvalue weighted by Crippen LogP contribution is 2.26. The molecule has 2 nitrogen and oxygen atoms in total. The lowest BCUT2D eigenvalue weighted by Crippen LogP contribution is -2.14. The molecule has 0 N–H and O–H groups in total. The van der Waals surface area contributed by atoms with Gasteiger partial charge in [-0.1, -0.05) is 244 Å². The van der Waals surface area contributed by atoms with Crippen LogP contribution in [-0.4, -0.2) is 11.4 Å². The molecule has 0 unspecified atom stereocenters. The maximum absolute atomic E-state index is 5.44. The van der Waals surface area contributed by atoms with Gasteiger partial charge in [-0.25, -0.2) is 0 Å². The van der Waals surface area contributed by atoms with Crippen LogP contribution in [0.3, 0.4) is 0 Å². The maximum Gasteiger partial charge on any atom is 0.0666 e. The van der Waals surface area contributed by atoms with E-state index in [0.717, 1.165) is 99.8 Å². The summed E-state index contributed by atoms with van der Waals surface area (Å²) in [5.74, 6) is 14.0. The fraction of sp³-hybridized carbons (Fsp3) is 0.710. The summed E-state index contributed by atoms with van der Waals surface area (Å²) in [5, 5.41) is 0. The lowest BCUT2D eigenvalue weighted by Gasteiger charge is -2.13. The minimum Gasteiger partial charge on any atom is -0.251 e. The number of rotatable bonds is 41. The van der Waals surface area contributed by atoms with E-state index in [1.54, 1.807) is 0 Å². The molecule has 0 atom stereocenters. The number of hydrogen-bond acceptors (Lipinski definition) is 2. The number of aliphatic imine (C=N–C) groups is 2. The van der Waals surface area contributed by atoms with Crippen molar-refractivity contribution >= 4 is 22.8 Å². The smallest absolute Gasteiger partial charge is 0.0666 e. The molecule has 0 heterocycles. The van der Waals surface area contributed by atoms with Crippen LogP contribution in [0.4, 0.5) is 11.4 Å². The van der Waals surface area contributed by atoms with E-state index in [0.29, 0.717) is 0 Å². The van der Waals surface area contributed by atoms with Crippen molar-refractivity contribution in [2.24, 2.45) is 9.98 Å². The molecule has 0 saturated heterocycles. The van der Waals surface area contributed by atoms with Gasteiger partial charge in [0.2, 0.25) is 0 Å². The standard InChI is InChI=1S/C62H100N2/c1-5-9-13-15-17-19-21-23-25-27-29-31-33-35-37-39-41-43-49-57-51-45-47-55-59(57)63-61(53-11-7-3)62(54-12-8-4)64-60-56-48-46-52-58(60)50-44-42-40-38-36-34-32-30-28-26-24-22-20-18-16-14-10-6-2/h45-48,51-52,55-56H,5-38,43-44,49-50,53-54H2,1-4H3. The van der Waals surface area contributed by atoms with Gasteiger partial charge in [0.25, 0.3) is 0 Å². The van der Waals surface area contributed by atoms with Crippen molar-refractivity contribution in [3.63, 3.8) is 0 Å². The van der Waals surface area contributed by atoms with Gasteiger partial charge in [0.05, 0.1) is 22.8 Å². The third-order valence-electron chi connectivity index (χ3n) is 13.0. The molecule has 0 fully saturated rings. The normalized spacial score (nSPS) is 11.7. The summed E-state index contributed by atoms with van der Waals surface area (Å²) < 4.78 is 0. The van der Waals surface area contributed by atoms with Crippen LogP contribution in [0.5, 0.6) is 0 Å². The SMILES string of the molecule is CCCCCCCCCCCCCCCCC#CCCc1ccccc1N=C(CCCC)C(CCCC)=Nc1ccccc1CCC#CCCCCCCCCCCCCCCCC. The first-order valence-corrected chi connectivity index (χ1v) is 28.0. The molecule has 0 spiro atoms. The van der Waals surface area contributed by atoms with Crippen molar-refractivity contribution < 1.29 is 0 Å². The first-order valence-electron chi connectivity index (χ1n) is 28.0. The molecule has 0 bridgehead atoms. The number of unbranched alkanes of at least 4 members (excludes halogenated alkanes) is 30.